The molecule has 168 valence electrons. The quantitative estimate of drug-likeness (QED) is 0.149. The average molecular weight is 475 g/mol. The predicted octanol–water partition coefficient (Wildman–Crippen LogP) is 4.78. The molecule has 9 nitrogen and oxygen atoms in total. The number of non-ortho nitro benzene ring substituents is 1. The van der Waals surface area contributed by atoms with E-state index in [4.69, 9.17) is 4.42 Å². The van der Waals surface area contributed by atoms with Crippen LogP contribution in [0.1, 0.15) is 5.89 Å². The number of rotatable bonds is 6. The zero-order valence-corrected chi connectivity index (χ0v) is 18.1. The van der Waals surface area contributed by atoms with E-state index in [9.17, 15) is 19.3 Å². The number of thioether (sulfide) groups is 1. The molecule has 2 aromatic heterocycles. The highest BCUT2D eigenvalue weighted by atomic mass is 32.2. The van der Waals surface area contributed by atoms with Crippen LogP contribution in [0.3, 0.4) is 0 Å². The molecule has 0 saturated heterocycles. The van der Waals surface area contributed by atoms with Gasteiger partial charge in [-0.15, -0.1) is 10.2 Å². The van der Waals surface area contributed by atoms with Crippen LogP contribution in [-0.4, -0.2) is 24.7 Å². The number of nitro benzene ring substituents is 1. The molecule has 11 heteroatoms. The van der Waals surface area contributed by atoms with Crippen LogP contribution in [0.5, 0.6) is 0 Å². The summed E-state index contributed by atoms with van der Waals surface area (Å²) < 4.78 is 21.5. The van der Waals surface area contributed by atoms with E-state index in [1.54, 1.807) is 36.4 Å². The fourth-order valence-corrected chi connectivity index (χ4v) is 4.18. The summed E-state index contributed by atoms with van der Waals surface area (Å²) in [5.74, 6) is 0.0604. The van der Waals surface area contributed by atoms with E-state index in [-0.39, 0.29) is 34.1 Å². The minimum absolute atomic E-state index is 0.0486. The van der Waals surface area contributed by atoms with Crippen LogP contribution in [0.2, 0.25) is 0 Å². The Morgan fingerprint density at radius 3 is 2.50 bits per heavy atom. The summed E-state index contributed by atoms with van der Waals surface area (Å²) in [6.45, 7) is 0. The molecule has 0 unspecified atom stereocenters. The van der Waals surface area contributed by atoms with Crippen LogP contribution in [0.15, 0.2) is 87.2 Å². The topological polar surface area (TPSA) is 117 Å². The van der Waals surface area contributed by atoms with Gasteiger partial charge in [-0.1, -0.05) is 36.0 Å². The van der Waals surface area contributed by atoms with Crippen molar-refractivity contribution >= 4 is 28.4 Å². The van der Waals surface area contributed by atoms with Crippen molar-refractivity contribution < 1.29 is 13.7 Å². The highest BCUT2D eigenvalue weighted by Gasteiger charge is 2.18. The van der Waals surface area contributed by atoms with Crippen molar-refractivity contribution in [1.29, 1.82) is 0 Å². The predicted molar refractivity (Wildman–Crippen MR) is 123 cm³/mol. The van der Waals surface area contributed by atoms with Gasteiger partial charge >= 0.3 is 0 Å². The smallest absolute Gasteiger partial charge is 0.269 e. The molecule has 0 fully saturated rings. The summed E-state index contributed by atoms with van der Waals surface area (Å²) in [6.07, 6.45) is 0. The van der Waals surface area contributed by atoms with Gasteiger partial charge in [-0.05, 0) is 36.4 Å². The van der Waals surface area contributed by atoms with Crippen LogP contribution in [0.25, 0.3) is 28.0 Å². The van der Waals surface area contributed by atoms with E-state index < -0.39 is 16.3 Å². The highest BCUT2D eigenvalue weighted by Crippen LogP contribution is 2.27. The first-order valence-corrected chi connectivity index (χ1v) is 11.0. The first-order valence-electron chi connectivity index (χ1n) is 9.98. The van der Waals surface area contributed by atoms with Crippen LogP contribution in [-0.2, 0) is 5.75 Å². The van der Waals surface area contributed by atoms with E-state index in [1.807, 2.05) is 0 Å². The average Bonchev–Trinajstić information content (AvgIpc) is 3.33. The second-order valence-corrected chi connectivity index (χ2v) is 8.04. The molecule has 5 aromatic rings. The second-order valence-electron chi connectivity index (χ2n) is 7.10. The lowest BCUT2D eigenvalue weighted by Gasteiger charge is -2.13. The summed E-state index contributed by atoms with van der Waals surface area (Å²) in [5, 5.41) is 19.5. The number of benzene rings is 3. The third-order valence-corrected chi connectivity index (χ3v) is 5.88. The number of para-hydroxylation sites is 2. The monoisotopic (exact) mass is 475 g/mol. The van der Waals surface area contributed by atoms with E-state index in [1.165, 1.54) is 41.0 Å². The number of nitro groups is 1. The number of fused-ring (bicyclic) bond motifs is 1. The molecule has 2 heterocycles. The maximum Gasteiger partial charge on any atom is 0.269 e. The van der Waals surface area contributed by atoms with Crippen molar-refractivity contribution in [3.05, 3.63) is 105 Å². The Kier molecular flexibility index (Phi) is 5.60. The van der Waals surface area contributed by atoms with E-state index >= 15 is 0 Å². The van der Waals surface area contributed by atoms with Gasteiger partial charge in [0, 0.05) is 17.7 Å². The summed E-state index contributed by atoms with van der Waals surface area (Å²) in [7, 11) is 0. The van der Waals surface area contributed by atoms with Crippen molar-refractivity contribution in [1.82, 2.24) is 19.7 Å². The van der Waals surface area contributed by atoms with Gasteiger partial charge in [0.15, 0.2) is 5.16 Å². The minimum Gasteiger partial charge on any atom is -0.420 e. The van der Waals surface area contributed by atoms with Gasteiger partial charge in [0.1, 0.15) is 5.82 Å². The van der Waals surface area contributed by atoms with Gasteiger partial charge < -0.3 is 4.42 Å². The van der Waals surface area contributed by atoms with Gasteiger partial charge in [0.2, 0.25) is 11.8 Å². The normalized spacial score (nSPS) is 11.1. The largest absolute Gasteiger partial charge is 0.420 e. The van der Waals surface area contributed by atoms with Crippen molar-refractivity contribution in [2.24, 2.45) is 0 Å². The molecule has 0 amide bonds. The maximum absolute atomic E-state index is 14.6. The van der Waals surface area contributed by atoms with E-state index in [2.05, 4.69) is 15.2 Å². The Hall–Kier alpha value is -4.38. The number of nitrogens with zero attached hydrogens (tertiary/aromatic N) is 5. The molecular formula is C23H14FN5O4S. The van der Waals surface area contributed by atoms with Crippen molar-refractivity contribution in [2.45, 2.75) is 10.9 Å². The molecule has 3 aromatic carbocycles. The van der Waals surface area contributed by atoms with E-state index in [0.717, 1.165) is 11.8 Å². The maximum atomic E-state index is 14.6. The summed E-state index contributed by atoms with van der Waals surface area (Å²) in [5.41, 5.74) is 0.661. The molecule has 0 aliphatic rings. The van der Waals surface area contributed by atoms with Crippen LogP contribution >= 0.6 is 11.8 Å². The summed E-state index contributed by atoms with van der Waals surface area (Å²) in [6, 6.07) is 18.6. The van der Waals surface area contributed by atoms with E-state index in [0.29, 0.717) is 16.5 Å². The Labute approximate surface area is 195 Å². The Morgan fingerprint density at radius 1 is 1.00 bits per heavy atom. The van der Waals surface area contributed by atoms with Gasteiger partial charge in [0.05, 0.1) is 27.3 Å². The zero-order valence-electron chi connectivity index (χ0n) is 17.3. The number of hydrogen-bond acceptors (Lipinski definition) is 8. The van der Waals surface area contributed by atoms with Gasteiger partial charge in [-0.2, -0.15) is 0 Å². The second kappa shape index (κ2) is 8.87. The highest BCUT2D eigenvalue weighted by molar-refractivity contribution is 7.98. The molecule has 0 N–H and O–H groups in total. The zero-order chi connectivity index (χ0) is 23.7. The van der Waals surface area contributed by atoms with Gasteiger partial charge in [-0.3, -0.25) is 19.5 Å². The first-order chi connectivity index (χ1) is 16.5. The van der Waals surface area contributed by atoms with Gasteiger partial charge in [0.25, 0.3) is 11.2 Å². The molecule has 0 saturated carbocycles. The SMILES string of the molecule is O=c1c2ccccc2nc(SCc2nnc(-c3ccc([N+](=O)[O-])cc3)o2)n1-c1ccccc1F. The Bertz CT molecular complexity index is 1580. The minimum atomic E-state index is -0.554. The molecule has 0 aliphatic carbocycles. The Morgan fingerprint density at radius 2 is 1.74 bits per heavy atom. The number of halogens is 1. The lowest BCUT2D eigenvalue weighted by atomic mass is 10.2. The molecule has 5 rings (SSSR count). The molecule has 0 bridgehead atoms. The third kappa shape index (κ3) is 4.04. The molecule has 0 aliphatic heterocycles. The molecule has 0 radical (unpaired) electrons. The lowest BCUT2D eigenvalue weighted by molar-refractivity contribution is -0.384. The standard InChI is InChI=1S/C23H14FN5O4S/c24-17-6-2-4-8-19(17)28-22(30)16-5-1-3-7-18(16)25-23(28)34-13-20-26-27-21(33-20)14-9-11-15(12-10-14)29(31)32/h1-12H,13H2. The summed E-state index contributed by atoms with van der Waals surface area (Å²) in [4.78, 5) is 28.1. The number of aromatic nitrogens is 4. The van der Waals surface area contributed by atoms with Crippen molar-refractivity contribution in [3.63, 3.8) is 0 Å². The first kappa shape index (κ1) is 21.5. The molecule has 0 spiro atoms. The Balaban J connectivity index is 1.48. The molecule has 34 heavy (non-hydrogen) atoms. The van der Waals surface area contributed by atoms with Crippen molar-refractivity contribution in [3.8, 4) is 17.1 Å². The van der Waals surface area contributed by atoms with Crippen LogP contribution in [0.4, 0.5) is 10.1 Å². The molecular weight excluding hydrogens is 461 g/mol. The number of hydrogen-bond donors (Lipinski definition) is 0. The fourth-order valence-electron chi connectivity index (χ4n) is 3.34. The third-order valence-electron chi connectivity index (χ3n) is 4.95. The van der Waals surface area contributed by atoms with Crippen LogP contribution in [0, 0.1) is 15.9 Å². The molecule has 0 atom stereocenters. The summed E-state index contributed by atoms with van der Waals surface area (Å²) >= 11 is 1.15. The fraction of sp³-hybridized carbons (Fsp3) is 0.0435. The van der Waals surface area contributed by atoms with Crippen molar-refractivity contribution in [2.75, 3.05) is 0 Å². The lowest BCUT2D eigenvalue weighted by Crippen LogP contribution is -2.22. The van der Waals surface area contributed by atoms with Crippen LogP contribution < -0.4 is 5.56 Å². The van der Waals surface area contributed by atoms with Gasteiger partial charge in [-0.25, -0.2) is 9.37 Å².